The van der Waals surface area contributed by atoms with E-state index in [1.54, 1.807) is 10.9 Å². The minimum absolute atomic E-state index is 0.212. The van der Waals surface area contributed by atoms with Gasteiger partial charge in [-0.3, -0.25) is 4.68 Å². The van der Waals surface area contributed by atoms with Gasteiger partial charge in [-0.2, -0.15) is 5.10 Å². The number of ether oxygens (including phenoxy) is 2. The van der Waals surface area contributed by atoms with Crippen LogP contribution in [0.3, 0.4) is 0 Å². The largest absolute Gasteiger partial charge is 0.389 e. The van der Waals surface area contributed by atoms with Gasteiger partial charge < -0.3 is 24.4 Å². The average Bonchev–Trinajstić information content (AvgIpc) is 3.45. The molecule has 5 rings (SSSR count). The average molecular weight is 396 g/mol. The SMILES string of the molecule is Cc1noc(C)c1CNC1C2COC(O2)C(n2cc(-c3ccccc3)cn2)C1O. The van der Waals surface area contributed by atoms with Gasteiger partial charge in [-0.1, -0.05) is 35.5 Å². The second kappa shape index (κ2) is 7.38. The molecule has 2 fully saturated rings. The lowest BCUT2D eigenvalue weighted by Gasteiger charge is -2.38. The zero-order chi connectivity index (χ0) is 20.0. The van der Waals surface area contributed by atoms with Gasteiger partial charge in [0.2, 0.25) is 0 Å². The molecule has 3 aromatic rings. The lowest BCUT2D eigenvalue weighted by molar-refractivity contribution is -0.168. The van der Waals surface area contributed by atoms with Crippen LogP contribution in [0.1, 0.15) is 23.1 Å². The molecule has 0 amide bonds. The van der Waals surface area contributed by atoms with Crippen molar-refractivity contribution >= 4 is 0 Å². The number of hydrogen-bond donors (Lipinski definition) is 2. The highest BCUT2D eigenvalue weighted by Gasteiger charge is 2.51. The molecule has 29 heavy (non-hydrogen) atoms. The van der Waals surface area contributed by atoms with Gasteiger partial charge >= 0.3 is 0 Å². The standard InChI is InChI=1S/C21H24N4O4/c1-12-16(13(2)29-24-12)9-22-18-17-11-27-21(28-17)19(20(18)26)25-10-15(8-23-25)14-6-4-3-5-7-14/h3-8,10,17-22,26H,9,11H2,1-2H3. The van der Waals surface area contributed by atoms with E-state index in [0.29, 0.717) is 13.2 Å². The van der Waals surface area contributed by atoms with E-state index in [9.17, 15) is 5.11 Å². The van der Waals surface area contributed by atoms with Crippen molar-refractivity contribution in [2.75, 3.05) is 6.61 Å². The van der Waals surface area contributed by atoms with Gasteiger partial charge in [0.1, 0.15) is 17.9 Å². The summed E-state index contributed by atoms with van der Waals surface area (Å²) in [6.07, 6.45) is 2.28. The number of aliphatic hydroxyl groups excluding tert-OH is 1. The topological polar surface area (TPSA) is 94.6 Å². The first-order valence-corrected chi connectivity index (χ1v) is 9.81. The highest BCUT2D eigenvalue weighted by molar-refractivity contribution is 5.61. The molecule has 4 heterocycles. The molecular formula is C21H24N4O4. The Hall–Kier alpha value is -2.52. The zero-order valence-corrected chi connectivity index (χ0v) is 16.4. The molecule has 0 aliphatic carbocycles. The number of rotatable bonds is 5. The molecule has 8 nitrogen and oxygen atoms in total. The Morgan fingerprint density at radius 1 is 1.21 bits per heavy atom. The molecule has 2 aliphatic heterocycles. The van der Waals surface area contributed by atoms with E-state index in [2.05, 4.69) is 15.6 Å². The first kappa shape index (κ1) is 18.5. The molecule has 2 aromatic heterocycles. The van der Waals surface area contributed by atoms with Gasteiger partial charge in [0.05, 0.1) is 30.6 Å². The Balaban J connectivity index is 1.37. The van der Waals surface area contributed by atoms with Crippen molar-refractivity contribution in [3.8, 4) is 11.1 Å². The van der Waals surface area contributed by atoms with E-state index in [-0.39, 0.29) is 12.1 Å². The van der Waals surface area contributed by atoms with Gasteiger partial charge in [0, 0.05) is 23.9 Å². The molecule has 1 aromatic carbocycles. The van der Waals surface area contributed by atoms with E-state index in [1.165, 1.54) is 0 Å². The van der Waals surface area contributed by atoms with Crippen molar-refractivity contribution < 1.29 is 19.1 Å². The molecule has 2 bridgehead atoms. The van der Waals surface area contributed by atoms with E-state index >= 15 is 0 Å². The summed E-state index contributed by atoms with van der Waals surface area (Å²) in [5, 5.41) is 23.1. The van der Waals surface area contributed by atoms with Gasteiger partial charge in [-0.15, -0.1) is 0 Å². The van der Waals surface area contributed by atoms with Gasteiger partial charge in [0.25, 0.3) is 0 Å². The maximum atomic E-state index is 11.2. The number of hydrogen-bond acceptors (Lipinski definition) is 7. The second-order valence-corrected chi connectivity index (χ2v) is 7.64. The minimum atomic E-state index is -0.717. The normalized spacial score (nSPS) is 28.7. The van der Waals surface area contributed by atoms with Crippen molar-refractivity contribution in [1.82, 2.24) is 20.3 Å². The number of nitrogens with zero attached hydrogens (tertiary/aromatic N) is 3. The predicted octanol–water partition coefficient (Wildman–Crippen LogP) is 1.97. The number of aliphatic hydroxyl groups is 1. The molecule has 0 saturated carbocycles. The number of nitrogens with one attached hydrogen (secondary N) is 1. The monoisotopic (exact) mass is 396 g/mol. The summed E-state index contributed by atoms with van der Waals surface area (Å²) < 4.78 is 18.9. The Labute approximate surface area is 168 Å². The number of benzene rings is 1. The second-order valence-electron chi connectivity index (χ2n) is 7.64. The fourth-order valence-corrected chi connectivity index (χ4v) is 4.19. The van der Waals surface area contributed by atoms with E-state index in [0.717, 1.165) is 28.1 Å². The first-order valence-electron chi connectivity index (χ1n) is 9.81. The quantitative estimate of drug-likeness (QED) is 0.681. The van der Waals surface area contributed by atoms with E-state index < -0.39 is 18.4 Å². The molecule has 152 valence electrons. The van der Waals surface area contributed by atoms with E-state index in [1.807, 2.05) is 50.4 Å². The summed E-state index contributed by atoms with van der Waals surface area (Å²) in [6.45, 7) is 4.77. The van der Waals surface area contributed by atoms with Crippen molar-refractivity contribution in [2.45, 2.75) is 51.0 Å². The van der Waals surface area contributed by atoms with Crippen molar-refractivity contribution in [3.05, 3.63) is 59.7 Å². The Morgan fingerprint density at radius 2 is 2.03 bits per heavy atom. The van der Waals surface area contributed by atoms with Crippen LogP contribution in [0, 0.1) is 13.8 Å². The third-order valence-electron chi connectivity index (χ3n) is 5.84. The van der Waals surface area contributed by atoms with Gasteiger partial charge in [-0.25, -0.2) is 0 Å². The maximum absolute atomic E-state index is 11.2. The van der Waals surface area contributed by atoms with E-state index in [4.69, 9.17) is 14.0 Å². The highest BCUT2D eigenvalue weighted by Crippen LogP contribution is 2.36. The van der Waals surface area contributed by atoms with Gasteiger partial charge in [0.15, 0.2) is 6.29 Å². The Bertz CT molecular complexity index is 966. The van der Waals surface area contributed by atoms with Crippen LogP contribution < -0.4 is 5.32 Å². The van der Waals surface area contributed by atoms with Crippen LogP contribution in [-0.2, 0) is 16.0 Å². The van der Waals surface area contributed by atoms with Gasteiger partial charge in [-0.05, 0) is 19.4 Å². The van der Waals surface area contributed by atoms with Crippen LogP contribution in [0.25, 0.3) is 11.1 Å². The summed E-state index contributed by atoms with van der Waals surface area (Å²) in [7, 11) is 0. The minimum Gasteiger partial charge on any atom is -0.389 e. The summed E-state index contributed by atoms with van der Waals surface area (Å²) in [4.78, 5) is 0. The number of aromatic nitrogens is 3. The van der Waals surface area contributed by atoms with Crippen LogP contribution in [0.2, 0.25) is 0 Å². The zero-order valence-electron chi connectivity index (χ0n) is 16.4. The van der Waals surface area contributed by atoms with Crippen molar-refractivity contribution in [1.29, 1.82) is 0 Å². The molecule has 5 atom stereocenters. The summed E-state index contributed by atoms with van der Waals surface area (Å²) in [6, 6.07) is 9.30. The van der Waals surface area contributed by atoms with Crippen LogP contribution in [0.15, 0.2) is 47.2 Å². The summed E-state index contributed by atoms with van der Waals surface area (Å²) in [5.74, 6) is 0.776. The molecule has 5 unspecified atom stereocenters. The molecule has 0 radical (unpaired) electrons. The molecule has 2 saturated heterocycles. The van der Waals surface area contributed by atoms with Crippen molar-refractivity contribution in [2.24, 2.45) is 0 Å². The molecule has 0 spiro atoms. The molecule has 8 heteroatoms. The Morgan fingerprint density at radius 3 is 2.79 bits per heavy atom. The lowest BCUT2D eigenvalue weighted by Crippen LogP contribution is -2.57. The third-order valence-corrected chi connectivity index (χ3v) is 5.84. The smallest absolute Gasteiger partial charge is 0.183 e. The Kier molecular flexibility index (Phi) is 4.71. The lowest BCUT2D eigenvalue weighted by atomic mass is 9.95. The molecule has 2 N–H and O–H groups in total. The maximum Gasteiger partial charge on any atom is 0.183 e. The third kappa shape index (κ3) is 3.28. The van der Waals surface area contributed by atoms with Crippen LogP contribution in [0.4, 0.5) is 0 Å². The predicted molar refractivity (Wildman–Crippen MR) is 104 cm³/mol. The van der Waals surface area contributed by atoms with Crippen LogP contribution in [0.5, 0.6) is 0 Å². The van der Waals surface area contributed by atoms with Crippen molar-refractivity contribution in [3.63, 3.8) is 0 Å². The van der Waals surface area contributed by atoms with Crippen LogP contribution in [-0.4, -0.2) is 51.2 Å². The molecular weight excluding hydrogens is 372 g/mol. The number of fused-ring (bicyclic) bond motifs is 2. The first-order chi connectivity index (χ1) is 14.1. The number of aryl methyl sites for hydroxylation is 2. The summed E-state index contributed by atoms with van der Waals surface area (Å²) in [5.41, 5.74) is 3.90. The van der Waals surface area contributed by atoms with Crippen LogP contribution >= 0.6 is 0 Å². The molecule has 2 aliphatic rings. The fraction of sp³-hybridized carbons (Fsp3) is 0.429. The fourth-order valence-electron chi connectivity index (χ4n) is 4.19. The summed E-state index contributed by atoms with van der Waals surface area (Å²) >= 11 is 0. The highest BCUT2D eigenvalue weighted by atomic mass is 16.7.